The van der Waals surface area contributed by atoms with E-state index in [9.17, 15) is 14.9 Å². The van der Waals surface area contributed by atoms with Gasteiger partial charge in [-0.25, -0.2) is 0 Å². The SMILES string of the molecule is Cc1ccc([N+](=O)[O-])cc1Nc1c(C=O)cnc2ccc(Br)cc12. The Morgan fingerprint density at radius 2 is 2.04 bits per heavy atom. The topological polar surface area (TPSA) is 85.1 Å². The van der Waals surface area contributed by atoms with Crippen molar-refractivity contribution in [1.82, 2.24) is 4.98 Å². The Labute approximate surface area is 145 Å². The maximum absolute atomic E-state index is 11.4. The van der Waals surface area contributed by atoms with Crippen molar-refractivity contribution < 1.29 is 9.72 Å². The summed E-state index contributed by atoms with van der Waals surface area (Å²) in [6, 6.07) is 10.1. The molecule has 0 radical (unpaired) electrons. The third kappa shape index (κ3) is 2.98. The third-order valence-corrected chi connectivity index (χ3v) is 4.17. The standard InChI is InChI=1S/C17H12BrN3O3/c1-10-2-4-13(21(23)24)7-16(10)20-17-11(9-22)8-19-15-5-3-12(18)6-14(15)17/h2-9H,1H3,(H,19,20). The summed E-state index contributed by atoms with van der Waals surface area (Å²) < 4.78 is 0.846. The van der Waals surface area contributed by atoms with Crippen molar-refractivity contribution in [3.05, 3.63) is 68.3 Å². The van der Waals surface area contributed by atoms with E-state index in [0.717, 1.165) is 20.9 Å². The van der Waals surface area contributed by atoms with Gasteiger partial charge in [0.25, 0.3) is 5.69 Å². The molecule has 0 fully saturated rings. The number of pyridine rings is 1. The molecular formula is C17H12BrN3O3. The van der Waals surface area contributed by atoms with Crippen LogP contribution in [0.2, 0.25) is 0 Å². The lowest BCUT2D eigenvalue weighted by Gasteiger charge is -2.14. The molecule has 0 aliphatic heterocycles. The summed E-state index contributed by atoms with van der Waals surface area (Å²) in [6.45, 7) is 1.84. The van der Waals surface area contributed by atoms with Crippen molar-refractivity contribution in [2.75, 3.05) is 5.32 Å². The van der Waals surface area contributed by atoms with Gasteiger partial charge in [-0.1, -0.05) is 22.0 Å². The summed E-state index contributed by atoms with van der Waals surface area (Å²) in [5.74, 6) is 0. The number of nitrogens with one attached hydrogen (secondary N) is 1. The van der Waals surface area contributed by atoms with E-state index in [4.69, 9.17) is 0 Å². The average Bonchev–Trinajstić information content (AvgIpc) is 2.56. The second-order valence-electron chi connectivity index (χ2n) is 5.25. The molecular weight excluding hydrogens is 374 g/mol. The largest absolute Gasteiger partial charge is 0.354 e. The Balaban J connectivity index is 2.19. The van der Waals surface area contributed by atoms with Crippen LogP contribution in [0.25, 0.3) is 10.9 Å². The van der Waals surface area contributed by atoms with Crippen LogP contribution in [0.1, 0.15) is 15.9 Å². The minimum absolute atomic E-state index is 0.0182. The number of non-ortho nitro benzene ring substituents is 1. The first-order valence-corrected chi connectivity index (χ1v) is 7.84. The molecule has 0 spiro atoms. The highest BCUT2D eigenvalue weighted by molar-refractivity contribution is 9.10. The molecule has 24 heavy (non-hydrogen) atoms. The third-order valence-electron chi connectivity index (χ3n) is 3.68. The number of aromatic nitrogens is 1. The van der Waals surface area contributed by atoms with Gasteiger partial charge in [0.15, 0.2) is 6.29 Å². The number of nitro groups is 1. The van der Waals surface area contributed by atoms with Gasteiger partial charge in [0.2, 0.25) is 0 Å². The molecule has 3 rings (SSSR count). The van der Waals surface area contributed by atoms with E-state index in [1.54, 1.807) is 6.07 Å². The Morgan fingerprint density at radius 1 is 1.25 bits per heavy atom. The molecule has 0 bridgehead atoms. The maximum Gasteiger partial charge on any atom is 0.271 e. The highest BCUT2D eigenvalue weighted by Crippen LogP contribution is 2.32. The summed E-state index contributed by atoms with van der Waals surface area (Å²) >= 11 is 3.41. The lowest BCUT2D eigenvalue weighted by molar-refractivity contribution is -0.384. The molecule has 0 atom stereocenters. The average molecular weight is 386 g/mol. The zero-order chi connectivity index (χ0) is 17.3. The van der Waals surface area contributed by atoms with Gasteiger partial charge in [-0.15, -0.1) is 0 Å². The van der Waals surface area contributed by atoms with Crippen LogP contribution in [0, 0.1) is 17.0 Å². The van der Waals surface area contributed by atoms with Crippen molar-refractivity contribution in [3.63, 3.8) is 0 Å². The monoisotopic (exact) mass is 385 g/mol. The van der Waals surface area contributed by atoms with Crippen molar-refractivity contribution in [2.45, 2.75) is 6.92 Å². The molecule has 0 aliphatic carbocycles. The van der Waals surface area contributed by atoms with E-state index in [0.29, 0.717) is 23.2 Å². The van der Waals surface area contributed by atoms with Gasteiger partial charge in [-0.2, -0.15) is 0 Å². The zero-order valence-corrected chi connectivity index (χ0v) is 14.2. The molecule has 0 saturated carbocycles. The smallest absolute Gasteiger partial charge is 0.271 e. The van der Waals surface area contributed by atoms with Crippen LogP contribution in [-0.2, 0) is 0 Å². The Bertz CT molecular complexity index is 973. The first-order chi connectivity index (χ1) is 11.5. The van der Waals surface area contributed by atoms with Crippen LogP contribution in [0.15, 0.2) is 47.1 Å². The molecule has 0 saturated heterocycles. The van der Waals surface area contributed by atoms with Crippen LogP contribution in [-0.4, -0.2) is 16.2 Å². The summed E-state index contributed by atoms with van der Waals surface area (Å²) in [4.78, 5) is 26.2. The van der Waals surface area contributed by atoms with Crippen molar-refractivity contribution >= 4 is 50.2 Å². The summed E-state index contributed by atoms with van der Waals surface area (Å²) in [6.07, 6.45) is 2.20. The Hall–Kier alpha value is -2.80. The van der Waals surface area contributed by atoms with E-state index in [2.05, 4.69) is 26.2 Å². The van der Waals surface area contributed by atoms with Gasteiger partial charge in [-0.3, -0.25) is 19.9 Å². The first kappa shape index (κ1) is 16.1. The molecule has 120 valence electrons. The lowest BCUT2D eigenvalue weighted by atomic mass is 10.1. The van der Waals surface area contributed by atoms with Crippen LogP contribution < -0.4 is 5.32 Å². The molecule has 1 aromatic heterocycles. The number of benzene rings is 2. The molecule has 0 unspecified atom stereocenters. The molecule has 0 aliphatic rings. The number of fused-ring (bicyclic) bond motifs is 1. The second kappa shape index (κ2) is 6.37. The second-order valence-corrected chi connectivity index (χ2v) is 6.16. The highest BCUT2D eigenvalue weighted by atomic mass is 79.9. The molecule has 3 aromatic rings. The predicted octanol–water partition coefficient (Wildman–Crippen LogP) is 4.77. The number of carbonyl (C=O) groups is 1. The van der Waals surface area contributed by atoms with Crippen molar-refractivity contribution in [1.29, 1.82) is 0 Å². The van der Waals surface area contributed by atoms with Gasteiger partial charge in [-0.05, 0) is 30.7 Å². The number of hydrogen-bond donors (Lipinski definition) is 1. The molecule has 6 nitrogen and oxygen atoms in total. The van der Waals surface area contributed by atoms with E-state index < -0.39 is 4.92 Å². The molecule has 1 N–H and O–H groups in total. The molecule has 1 heterocycles. The van der Waals surface area contributed by atoms with E-state index >= 15 is 0 Å². The van der Waals surface area contributed by atoms with Gasteiger partial charge in [0, 0.05) is 33.9 Å². The number of hydrogen-bond acceptors (Lipinski definition) is 5. The van der Waals surface area contributed by atoms with Crippen LogP contribution in [0.4, 0.5) is 17.1 Å². The number of aldehydes is 1. The van der Waals surface area contributed by atoms with Gasteiger partial charge >= 0.3 is 0 Å². The van der Waals surface area contributed by atoms with E-state index in [1.807, 2.05) is 25.1 Å². The number of aryl methyl sites for hydroxylation is 1. The van der Waals surface area contributed by atoms with Crippen molar-refractivity contribution in [3.8, 4) is 0 Å². The predicted molar refractivity (Wildman–Crippen MR) is 95.9 cm³/mol. The fourth-order valence-electron chi connectivity index (χ4n) is 2.40. The minimum Gasteiger partial charge on any atom is -0.354 e. The number of halogens is 1. The lowest BCUT2D eigenvalue weighted by Crippen LogP contribution is -2.00. The number of carbonyl (C=O) groups excluding carboxylic acids is 1. The Morgan fingerprint density at radius 3 is 2.75 bits per heavy atom. The van der Waals surface area contributed by atoms with Crippen molar-refractivity contribution in [2.24, 2.45) is 0 Å². The fourth-order valence-corrected chi connectivity index (χ4v) is 2.76. The fraction of sp³-hybridized carbons (Fsp3) is 0.0588. The van der Waals surface area contributed by atoms with E-state index in [-0.39, 0.29) is 5.69 Å². The number of nitro benzene ring substituents is 1. The summed E-state index contributed by atoms with van der Waals surface area (Å²) in [7, 11) is 0. The normalized spacial score (nSPS) is 10.6. The first-order valence-electron chi connectivity index (χ1n) is 7.05. The minimum atomic E-state index is -0.452. The van der Waals surface area contributed by atoms with Gasteiger partial charge in [0.05, 0.1) is 21.7 Å². The number of rotatable bonds is 4. The number of anilines is 2. The molecule has 0 amide bonds. The molecule has 7 heteroatoms. The van der Waals surface area contributed by atoms with Crippen LogP contribution in [0.3, 0.4) is 0 Å². The van der Waals surface area contributed by atoms with Gasteiger partial charge < -0.3 is 5.32 Å². The summed E-state index contributed by atoms with van der Waals surface area (Å²) in [5, 5.41) is 14.9. The maximum atomic E-state index is 11.4. The molecule has 2 aromatic carbocycles. The van der Waals surface area contributed by atoms with Gasteiger partial charge in [0.1, 0.15) is 0 Å². The zero-order valence-electron chi connectivity index (χ0n) is 12.6. The van der Waals surface area contributed by atoms with E-state index in [1.165, 1.54) is 18.3 Å². The quantitative estimate of drug-likeness (QED) is 0.397. The summed E-state index contributed by atoms with van der Waals surface area (Å²) in [5.41, 5.74) is 3.05. The van der Waals surface area contributed by atoms with Crippen LogP contribution >= 0.6 is 15.9 Å². The Kier molecular flexibility index (Phi) is 4.26. The number of nitrogens with zero attached hydrogens (tertiary/aromatic N) is 2. The highest BCUT2D eigenvalue weighted by Gasteiger charge is 2.13. The van der Waals surface area contributed by atoms with Crippen LogP contribution in [0.5, 0.6) is 0 Å².